The molecule has 3 aromatic heterocycles. The molecule has 1 aromatic carbocycles. The molecule has 1 saturated carbocycles. The summed E-state index contributed by atoms with van der Waals surface area (Å²) >= 11 is 0. The lowest BCUT2D eigenvalue weighted by molar-refractivity contribution is 0.362. The molecule has 0 bridgehead atoms. The quantitative estimate of drug-likeness (QED) is 0.477. The van der Waals surface area contributed by atoms with E-state index in [9.17, 15) is 9.59 Å². The number of fused-ring (bicyclic) bond motifs is 2. The highest BCUT2D eigenvalue weighted by atomic mass is 16.1. The molecule has 4 aromatic rings. The Balaban J connectivity index is 1.64. The van der Waals surface area contributed by atoms with E-state index in [-0.39, 0.29) is 23.2 Å². The average Bonchev–Trinajstić information content (AvgIpc) is 3.42. The van der Waals surface area contributed by atoms with Gasteiger partial charge in [0.15, 0.2) is 0 Å². The van der Waals surface area contributed by atoms with Crippen molar-refractivity contribution in [2.24, 2.45) is 0 Å². The fraction of sp³-hybridized carbons (Fsp3) is 0.389. The summed E-state index contributed by atoms with van der Waals surface area (Å²) in [6.07, 6.45) is 7.34. The fourth-order valence-electron chi connectivity index (χ4n) is 3.44. The van der Waals surface area contributed by atoms with E-state index in [4.69, 9.17) is 0 Å². The molecule has 10 heteroatoms. The first-order chi connectivity index (χ1) is 13.7. The van der Waals surface area contributed by atoms with Gasteiger partial charge in [0.2, 0.25) is 0 Å². The molecule has 142 valence electrons. The SMILES string of the molecule is CC[C@H](Cn1nccn1)n1cnc2cc3c(=O)n(C4CC4)nnc3cc2c1=O. The zero-order chi connectivity index (χ0) is 19.3. The van der Waals surface area contributed by atoms with Crippen molar-refractivity contribution in [3.05, 3.63) is 51.6 Å². The maximum absolute atomic E-state index is 13.1. The van der Waals surface area contributed by atoms with Crippen molar-refractivity contribution in [3.8, 4) is 0 Å². The van der Waals surface area contributed by atoms with E-state index >= 15 is 0 Å². The number of hydrogen-bond donors (Lipinski definition) is 0. The Bertz CT molecular complexity index is 1290. The highest BCUT2D eigenvalue weighted by Gasteiger charge is 2.27. The molecule has 10 nitrogen and oxygen atoms in total. The van der Waals surface area contributed by atoms with Crippen LogP contribution in [0.5, 0.6) is 0 Å². The van der Waals surface area contributed by atoms with Crippen LogP contribution in [-0.2, 0) is 6.54 Å². The summed E-state index contributed by atoms with van der Waals surface area (Å²) in [4.78, 5) is 31.8. The van der Waals surface area contributed by atoms with Gasteiger partial charge < -0.3 is 0 Å². The summed E-state index contributed by atoms with van der Waals surface area (Å²) < 4.78 is 3.02. The number of hydrogen-bond acceptors (Lipinski definition) is 7. The molecule has 1 aliphatic carbocycles. The molecule has 0 unspecified atom stereocenters. The number of nitrogens with zero attached hydrogens (tertiary/aromatic N) is 8. The van der Waals surface area contributed by atoms with E-state index in [0.29, 0.717) is 34.8 Å². The lowest BCUT2D eigenvalue weighted by Gasteiger charge is -2.17. The van der Waals surface area contributed by atoms with Crippen LogP contribution in [0, 0.1) is 0 Å². The maximum Gasteiger partial charge on any atom is 0.277 e. The van der Waals surface area contributed by atoms with Crippen molar-refractivity contribution in [2.45, 2.75) is 44.8 Å². The molecular weight excluding hydrogens is 360 g/mol. The smallest absolute Gasteiger partial charge is 0.277 e. The molecular formula is C18H18N8O2. The molecule has 0 amide bonds. The zero-order valence-electron chi connectivity index (χ0n) is 15.3. The minimum atomic E-state index is -0.184. The van der Waals surface area contributed by atoms with Gasteiger partial charge in [0, 0.05) is 0 Å². The molecule has 0 radical (unpaired) electrons. The fourth-order valence-corrected chi connectivity index (χ4v) is 3.44. The second kappa shape index (κ2) is 6.32. The van der Waals surface area contributed by atoms with Gasteiger partial charge in [-0.3, -0.25) is 14.2 Å². The van der Waals surface area contributed by atoms with E-state index in [1.165, 1.54) is 11.0 Å². The Morgan fingerprint density at radius 3 is 2.50 bits per heavy atom. The van der Waals surface area contributed by atoms with Gasteiger partial charge in [-0.15, -0.1) is 5.10 Å². The molecule has 0 aliphatic heterocycles. The lowest BCUT2D eigenvalue weighted by atomic mass is 10.1. The summed E-state index contributed by atoms with van der Waals surface area (Å²) in [6.45, 7) is 2.47. The predicted octanol–water partition coefficient (Wildman–Crippen LogP) is 1.08. The normalized spacial score (nSPS) is 15.3. The molecule has 3 heterocycles. The Labute approximate surface area is 158 Å². The number of aromatic nitrogens is 8. The van der Waals surface area contributed by atoms with Gasteiger partial charge in [0.25, 0.3) is 11.1 Å². The van der Waals surface area contributed by atoms with Gasteiger partial charge in [0.05, 0.1) is 53.6 Å². The molecule has 0 N–H and O–H groups in total. The summed E-state index contributed by atoms with van der Waals surface area (Å²) in [5.41, 5.74) is 0.525. The third-order valence-corrected chi connectivity index (χ3v) is 5.19. The Morgan fingerprint density at radius 2 is 1.79 bits per heavy atom. The molecule has 1 fully saturated rings. The first-order valence-electron chi connectivity index (χ1n) is 9.30. The van der Waals surface area contributed by atoms with E-state index in [1.807, 2.05) is 6.92 Å². The van der Waals surface area contributed by atoms with Crippen LogP contribution in [0.15, 0.2) is 40.4 Å². The number of benzene rings is 1. The zero-order valence-corrected chi connectivity index (χ0v) is 15.3. The molecule has 28 heavy (non-hydrogen) atoms. The van der Waals surface area contributed by atoms with Gasteiger partial charge in [0.1, 0.15) is 5.52 Å². The van der Waals surface area contributed by atoms with Crippen LogP contribution in [0.2, 0.25) is 0 Å². The van der Waals surface area contributed by atoms with Crippen molar-refractivity contribution in [1.29, 1.82) is 0 Å². The van der Waals surface area contributed by atoms with Gasteiger partial charge in [-0.2, -0.15) is 15.0 Å². The standard InChI is InChI=1S/C18H18N8O2/c1-2-11(9-25-20-5-6-21-25)24-10-19-15-7-14-16(8-13(15)17(24)27)22-23-26(18(14)28)12-3-4-12/h5-8,10-12H,2-4,9H2,1H3/t11-/m1/s1. The second-order valence-electron chi connectivity index (χ2n) is 7.06. The first kappa shape index (κ1) is 16.7. The van der Waals surface area contributed by atoms with Crippen LogP contribution in [0.3, 0.4) is 0 Å². The minimum absolute atomic E-state index is 0.138. The van der Waals surface area contributed by atoms with Crippen molar-refractivity contribution in [3.63, 3.8) is 0 Å². The predicted molar refractivity (Wildman–Crippen MR) is 101 cm³/mol. The Kier molecular flexibility index (Phi) is 3.78. The third-order valence-electron chi connectivity index (χ3n) is 5.19. The van der Waals surface area contributed by atoms with E-state index in [0.717, 1.165) is 12.8 Å². The largest absolute Gasteiger partial charge is 0.294 e. The van der Waals surface area contributed by atoms with Crippen molar-refractivity contribution >= 4 is 21.8 Å². The average molecular weight is 378 g/mol. The second-order valence-corrected chi connectivity index (χ2v) is 7.06. The van der Waals surface area contributed by atoms with Crippen LogP contribution in [0.1, 0.15) is 38.3 Å². The highest BCUT2D eigenvalue weighted by molar-refractivity contribution is 5.93. The van der Waals surface area contributed by atoms with Crippen LogP contribution < -0.4 is 11.1 Å². The van der Waals surface area contributed by atoms with Crippen molar-refractivity contribution in [2.75, 3.05) is 0 Å². The topological polar surface area (TPSA) is 113 Å². The number of rotatable bonds is 5. The van der Waals surface area contributed by atoms with Crippen LogP contribution in [0.4, 0.5) is 0 Å². The summed E-state index contributed by atoms with van der Waals surface area (Å²) in [6, 6.07) is 3.26. The third kappa shape index (κ3) is 2.68. The minimum Gasteiger partial charge on any atom is -0.294 e. The van der Waals surface area contributed by atoms with E-state index in [2.05, 4.69) is 25.5 Å². The summed E-state index contributed by atoms with van der Waals surface area (Å²) in [5, 5.41) is 17.3. The Morgan fingerprint density at radius 1 is 1.07 bits per heavy atom. The maximum atomic E-state index is 13.1. The summed E-state index contributed by atoms with van der Waals surface area (Å²) in [5.74, 6) is 0. The van der Waals surface area contributed by atoms with E-state index in [1.54, 1.807) is 33.9 Å². The molecule has 0 saturated heterocycles. The van der Waals surface area contributed by atoms with Crippen LogP contribution in [0.25, 0.3) is 21.8 Å². The van der Waals surface area contributed by atoms with Crippen LogP contribution >= 0.6 is 0 Å². The summed E-state index contributed by atoms with van der Waals surface area (Å²) in [7, 11) is 0. The monoisotopic (exact) mass is 378 g/mol. The van der Waals surface area contributed by atoms with Crippen molar-refractivity contribution < 1.29 is 0 Å². The molecule has 1 aliphatic rings. The first-order valence-corrected chi connectivity index (χ1v) is 9.30. The molecule has 5 rings (SSSR count). The molecule has 0 spiro atoms. The van der Waals surface area contributed by atoms with Gasteiger partial charge in [-0.1, -0.05) is 12.1 Å². The highest BCUT2D eigenvalue weighted by Crippen LogP contribution is 2.32. The lowest BCUT2D eigenvalue weighted by Crippen LogP contribution is -2.28. The van der Waals surface area contributed by atoms with Crippen LogP contribution in [-0.4, -0.2) is 39.5 Å². The van der Waals surface area contributed by atoms with E-state index < -0.39 is 0 Å². The Hall–Kier alpha value is -3.43. The van der Waals surface area contributed by atoms with Gasteiger partial charge >= 0.3 is 0 Å². The van der Waals surface area contributed by atoms with Gasteiger partial charge in [-0.05, 0) is 31.4 Å². The van der Waals surface area contributed by atoms with Gasteiger partial charge in [-0.25, -0.2) is 9.67 Å². The van der Waals surface area contributed by atoms with Crippen molar-refractivity contribution in [1.82, 2.24) is 39.5 Å². The molecule has 1 atom stereocenters.